The van der Waals surface area contributed by atoms with Crippen LogP contribution < -0.4 is 20.5 Å². The molecule has 0 spiro atoms. The maximum absolute atomic E-state index is 15.2. The number of halogens is 3. The molecule has 0 unspecified atom stereocenters. The molecule has 13 heteroatoms. The van der Waals surface area contributed by atoms with Crippen LogP contribution in [-0.4, -0.2) is 51.9 Å². The highest BCUT2D eigenvalue weighted by Gasteiger charge is 2.50. The van der Waals surface area contributed by atoms with Gasteiger partial charge in [0, 0.05) is 33.3 Å². The Morgan fingerprint density at radius 2 is 2.02 bits per heavy atom. The maximum atomic E-state index is 15.2. The molecule has 3 heterocycles. The number of carbonyl (C=O) groups excluding carboxylic acids is 2. The molecule has 10 nitrogen and oxygen atoms in total. The quantitative estimate of drug-likeness (QED) is 0.221. The number of nitrogens with zero attached hydrogens (tertiary/aromatic N) is 3. The summed E-state index contributed by atoms with van der Waals surface area (Å²) in [6.45, 7) is 1.34. The van der Waals surface area contributed by atoms with E-state index in [4.69, 9.17) is 43.4 Å². The Hall–Kier alpha value is -3.93. The summed E-state index contributed by atoms with van der Waals surface area (Å²) in [6, 6.07) is 8.88. The van der Waals surface area contributed by atoms with Gasteiger partial charge in [0.15, 0.2) is 0 Å². The molecule has 2 amide bonds. The monoisotopic (exact) mass is 653 g/mol. The second-order valence-corrected chi connectivity index (χ2v) is 13.5. The fraction of sp³-hybridized carbons (Fsp3) is 0.375. The standard InChI is InChI=1S/C32H30Cl2FN5O5/c1-30(29(36)42)15-45-27-21(30)12-24(38-26(27)20-11-19(33)5-6-22(20)35)32(43,18-3-4-18)14-37-28(41)16-9-17-13-40(31(34)7-8-31)39-25(17)23(10-16)44-2/h5-6,9-13,18,43H,3-4,7-8,14-15H2,1-2H3,(H2,36,42)(H,37,41)/t30-,32+/m0/s1. The molecule has 2 atom stereocenters. The smallest absolute Gasteiger partial charge is 0.251 e. The van der Waals surface area contributed by atoms with E-state index in [1.54, 1.807) is 36.0 Å². The van der Waals surface area contributed by atoms with E-state index in [2.05, 4.69) is 10.4 Å². The van der Waals surface area contributed by atoms with Crippen molar-refractivity contribution in [2.45, 2.75) is 48.6 Å². The number of amides is 2. The summed E-state index contributed by atoms with van der Waals surface area (Å²) in [7, 11) is 1.50. The first kappa shape index (κ1) is 29.8. The van der Waals surface area contributed by atoms with Gasteiger partial charge in [-0.05, 0) is 74.9 Å². The molecule has 234 valence electrons. The number of ether oxygens (including phenoxy) is 2. The molecule has 0 bridgehead atoms. The van der Waals surface area contributed by atoms with Crippen LogP contribution in [0.1, 0.15) is 54.2 Å². The molecule has 0 saturated heterocycles. The topological polar surface area (TPSA) is 142 Å². The Bertz CT molecular complexity index is 1910. The number of rotatable bonds is 9. The highest BCUT2D eigenvalue weighted by atomic mass is 35.5. The van der Waals surface area contributed by atoms with Crippen LogP contribution in [-0.2, 0) is 20.8 Å². The van der Waals surface area contributed by atoms with Gasteiger partial charge in [-0.15, -0.1) is 0 Å². The number of aromatic nitrogens is 3. The molecule has 1 aliphatic heterocycles. The van der Waals surface area contributed by atoms with Gasteiger partial charge < -0.3 is 25.6 Å². The highest BCUT2D eigenvalue weighted by molar-refractivity contribution is 6.30. The van der Waals surface area contributed by atoms with E-state index in [0.717, 1.165) is 12.8 Å². The van der Waals surface area contributed by atoms with Gasteiger partial charge in [-0.3, -0.25) is 14.3 Å². The minimum atomic E-state index is -1.66. The highest BCUT2D eigenvalue weighted by Crippen LogP contribution is 2.51. The van der Waals surface area contributed by atoms with Gasteiger partial charge in [0.1, 0.15) is 51.1 Å². The Morgan fingerprint density at radius 1 is 1.27 bits per heavy atom. The van der Waals surface area contributed by atoms with Crippen molar-refractivity contribution >= 4 is 45.9 Å². The van der Waals surface area contributed by atoms with Crippen LogP contribution in [0.25, 0.3) is 22.2 Å². The molecule has 7 rings (SSSR count). The average Bonchev–Trinajstić information content (AvgIpc) is 3.94. The Kier molecular flexibility index (Phi) is 6.81. The van der Waals surface area contributed by atoms with Crippen LogP contribution >= 0.6 is 23.2 Å². The first-order valence-electron chi connectivity index (χ1n) is 14.6. The predicted molar refractivity (Wildman–Crippen MR) is 165 cm³/mol. The van der Waals surface area contributed by atoms with E-state index < -0.39 is 33.6 Å². The fourth-order valence-electron chi connectivity index (χ4n) is 5.92. The van der Waals surface area contributed by atoms with Gasteiger partial charge in [0.2, 0.25) is 5.91 Å². The average molecular weight is 655 g/mol. The lowest BCUT2D eigenvalue weighted by Crippen LogP contribution is -2.44. The molecular weight excluding hydrogens is 624 g/mol. The number of alkyl halides is 1. The zero-order valence-corrected chi connectivity index (χ0v) is 26.0. The normalized spacial score (nSPS) is 21.1. The summed E-state index contributed by atoms with van der Waals surface area (Å²) in [5, 5.41) is 20.6. The van der Waals surface area contributed by atoms with Crippen LogP contribution in [0, 0.1) is 11.7 Å². The van der Waals surface area contributed by atoms with E-state index in [1.807, 2.05) is 0 Å². The van der Waals surface area contributed by atoms with Gasteiger partial charge in [0.25, 0.3) is 5.91 Å². The molecule has 2 aromatic carbocycles. The third-order valence-electron chi connectivity index (χ3n) is 9.14. The Labute approximate surface area is 267 Å². The third kappa shape index (κ3) is 4.88. The van der Waals surface area contributed by atoms with Crippen LogP contribution in [0.4, 0.5) is 4.39 Å². The molecule has 0 radical (unpaired) electrons. The molecule has 2 aromatic heterocycles. The van der Waals surface area contributed by atoms with Crippen molar-refractivity contribution in [2.75, 3.05) is 20.3 Å². The van der Waals surface area contributed by atoms with Crippen molar-refractivity contribution in [3.63, 3.8) is 0 Å². The minimum absolute atomic E-state index is 0.0439. The number of hydrogen-bond acceptors (Lipinski definition) is 7. The molecule has 4 N–H and O–H groups in total. The number of aliphatic hydroxyl groups is 1. The van der Waals surface area contributed by atoms with Gasteiger partial charge in [-0.1, -0.05) is 23.2 Å². The third-order valence-corrected chi connectivity index (χ3v) is 9.93. The first-order valence-corrected chi connectivity index (χ1v) is 15.3. The van der Waals surface area contributed by atoms with Crippen LogP contribution in [0.15, 0.2) is 42.6 Å². The lowest BCUT2D eigenvalue weighted by Gasteiger charge is -2.30. The van der Waals surface area contributed by atoms with Crippen molar-refractivity contribution in [1.29, 1.82) is 0 Å². The Balaban J connectivity index is 1.26. The van der Waals surface area contributed by atoms with Crippen molar-refractivity contribution < 1.29 is 28.6 Å². The van der Waals surface area contributed by atoms with E-state index in [-0.39, 0.29) is 46.8 Å². The number of pyridine rings is 1. The summed E-state index contributed by atoms with van der Waals surface area (Å²) in [5.41, 5.74) is 4.41. The molecule has 2 saturated carbocycles. The van der Waals surface area contributed by atoms with Gasteiger partial charge >= 0.3 is 0 Å². The molecule has 45 heavy (non-hydrogen) atoms. The zero-order chi connectivity index (χ0) is 31.9. The molecule has 2 aliphatic carbocycles. The molecular formula is C32H30Cl2FN5O5. The molecule has 3 aliphatic rings. The second-order valence-electron chi connectivity index (χ2n) is 12.3. The molecule has 4 aromatic rings. The van der Waals surface area contributed by atoms with Crippen molar-refractivity contribution in [3.05, 3.63) is 70.3 Å². The zero-order valence-electron chi connectivity index (χ0n) is 24.5. The number of nitrogens with two attached hydrogens (primary N) is 1. The first-order chi connectivity index (χ1) is 21.4. The van der Waals surface area contributed by atoms with Crippen LogP contribution in [0.3, 0.4) is 0 Å². The summed E-state index contributed by atoms with van der Waals surface area (Å²) < 4.78 is 28.3. The SMILES string of the molecule is COc1cc(C(=O)NC[C@](O)(c2cc3c(c(-c4cc(Cl)ccc4F)n2)OC[C@]3(C)C(N)=O)C2CC2)cc2cn(C3(Cl)CC3)nc12. The van der Waals surface area contributed by atoms with Crippen molar-refractivity contribution in [2.24, 2.45) is 11.7 Å². The van der Waals surface area contributed by atoms with Gasteiger partial charge in [-0.2, -0.15) is 5.10 Å². The van der Waals surface area contributed by atoms with E-state index >= 15 is 4.39 Å². The number of nitrogens with one attached hydrogen (secondary N) is 1. The number of fused-ring (bicyclic) bond motifs is 2. The number of methoxy groups -OCH3 is 1. The number of hydrogen-bond donors (Lipinski definition) is 3. The number of primary amides is 1. The summed E-state index contributed by atoms with van der Waals surface area (Å²) in [6.07, 6.45) is 4.73. The number of carbonyl (C=O) groups is 2. The van der Waals surface area contributed by atoms with Crippen LogP contribution in [0.2, 0.25) is 5.02 Å². The minimum Gasteiger partial charge on any atom is -0.494 e. The van der Waals surface area contributed by atoms with Crippen LogP contribution in [0.5, 0.6) is 11.5 Å². The maximum Gasteiger partial charge on any atom is 0.251 e. The van der Waals surface area contributed by atoms with E-state index in [9.17, 15) is 14.7 Å². The lowest BCUT2D eigenvalue weighted by molar-refractivity contribution is -0.123. The van der Waals surface area contributed by atoms with E-state index in [0.29, 0.717) is 40.6 Å². The van der Waals surface area contributed by atoms with E-state index in [1.165, 1.54) is 25.3 Å². The number of benzene rings is 2. The predicted octanol–water partition coefficient (Wildman–Crippen LogP) is 4.75. The largest absolute Gasteiger partial charge is 0.494 e. The lowest BCUT2D eigenvalue weighted by atomic mass is 9.81. The second kappa shape index (κ2) is 10.3. The van der Waals surface area contributed by atoms with Gasteiger partial charge in [0.05, 0.1) is 19.3 Å². The van der Waals surface area contributed by atoms with Gasteiger partial charge in [-0.25, -0.2) is 9.37 Å². The summed E-state index contributed by atoms with van der Waals surface area (Å²) >= 11 is 12.8. The fourth-order valence-corrected chi connectivity index (χ4v) is 6.27. The molecule has 2 fully saturated rings. The Morgan fingerprint density at radius 3 is 2.69 bits per heavy atom. The summed E-state index contributed by atoms with van der Waals surface area (Å²) in [4.78, 5) is 30.3. The summed E-state index contributed by atoms with van der Waals surface area (Å²) in [5.74, 6) is -1.37. The van der Waals surface area contributed by atoms with Crippen molar-refractivity contribution in [3.8, 4) is 22.8 Å². The van der Waals surface area contributed by atoms with Crippen molar-refractivity contribution in [1.82, 2.24) is 20.1 Å².